The molecule has 0 aliphatic carbocycles. The molecule has 0 spiro atoms. The predicted molar refractivity (Wildman–Crippen MR) is 71.5 cm³/mol. The van der Waals surface area contributed by atoms with Crippen molar-refractivity contribution in [2.45, 2.75) is 19.4 Å². The Morgan fingerprint density at radius 3 is 2.72 bits per heavy atom. The van der Waals surface area contributed by atoms with Crippen LogP contribution in [0.15, 0.2) is 18.5 Å². The summed E-state index contributed by atoms with van der Waals surface area (Å²) in [5.41, 5.74) is 0.816. The highest BCUT2D eigenvalue weighted by molar-refractivity contribution is 7.90. The summed E-state index contributed by atoms with van der Waals surface area (Å²) in [6, 6.07) is 1.56. The molecular formula is C12H20N2O3S. The van der Waals surface area contributed by atoms with Crippen molar-refractivity contribution >= 4 is 9.84 Å². The van der Waals surface area contributed by atoms with Crippen molar-refractivity contribution in [2.75, 3.05) is 25.7 Å². The molecule has 1 rings (SSSR count). The third-order valence-corrected chi connectivity index (χ3v) is 3.37. The first-order valence-electron chi connectivity index (χ1n) is 5.89. The van der Waals surface area contributed by atoms with Crippen LogP contribution in [0.2, 0.25) is 0 Å². The van der Waals surface area contributed by atoms with Gasteiger partial charge in [0.05, 0.1) is 18.6 Å². The molecule has 0 aliphatic heterocycles. The Hall–Kier alpha value is -1.14. The predicted octanol–water partition coefficient (Wildman–Crippen LogP) is 1.18. The van der Waals surface area contributed by atoms with Gasteiger partial charge < -0.3 is 10.1 Å². The average molecular weight is 272 g/mol. The van der Waals surface area contributed by atoms with Gasteiger partial charge in [0.2, 0.25) is 0 Å². The molecule has 0 aliphatic rings. The zero-order valence-corrected chi connectivity index (χ0v) is 11.8. The van der Waals surface area contributed by atoms with Gasteiger partial charge in [0.1, 0.15) is 15.6 Å². The fourth-order valence-electron chi connectivity index (χ4n) is 1.57. The second kappa shape index (κ2) is 6.70. The molecule has 1 N–H and O–H groups in total. The van der Waals surface area contributed by atoms with Crippen LogP contribution in [0.5, 0.6) is 5.75 Å². The number of pyridine rings is 1. The first-order valence-corrected chi connectivity index (χ1v) is 7.95. The lowest BCUT2D eigenvalue weighted by atomic mass is 10.1. The maximum absolute atomic E-state index is 11.3. The zero-order valence-electron chi connectivity index (χ0n) is 11.0. The Morgan fingerprint density at radius 2 is 2.17 bits per heavy atom. The molecule has 5 nitrogen and oxygen atoms in total. The molecule has 1 atom stereocenters. The van der Waals surface area contributed by atoms with E-state index in [4.69, 9.17) is 4.74 Å². The maximum Gasteiger partial charge on any atom is 0.149 e. The van der Waals surface area contributed by atoms with Crippen LogP contribution in [-0.2, 0) is 9.84 Å². The first-order chi connectivity index (χ1) is 8.46. The summed E-state index contributed by atoms with van der Waals surface area (Å²) in [6.45, 7) is 2.65. The summed E-state index contributed by atoms with van der Waals surface area (Å²) in [7, 11) is -1.31. The summed E-state index contributed by atoms with van der Waals surface area (Å²) in [5.74, 6) is 0.714. The van der Waals surface area contributed by atoms with E-state index in [1.54, 1.807) is 19.4 Å². The van der Waals surface area contributed by atoms with Gasteiger partial charge in [0.15, 0.2) is 0 Å². The van der Waals surface area contributed by atoms with Crippen LogP contribution in [-0.4, -0.2) is 39.1 Å². The lowest BCUT2D eigenvalue weighted by Crippen LogP contribution is -2.24. The molecule has 102 valence electrons. The number of sulfone groups is 1. The summed E-state index contributed by atoms with van der Waals surface area (Å²) in [5, 5.41) is 2.98. The summed E-state index contributed by atoms with van der Waals surface area (Å²) < 4.78 is 28.2. The second-order valence-electron chi connectivity index (χ2n) is 4.24. The lowest BCUT2D eigenvalue weighted by molar-refractivity contribution is 0.315. The Kier molecular flexibility index (Phi) is 5.55. The van der Waals surface area contributed by atoms with Crippen LogP contribution in [0, 0.1) is 0 Å². The van der Waals surface area contributed by atoms with E-state index in [0.717, 1.165) is 12.0 Å². The number of ether oxygens (including phenoxy) is 1. The molecule has 1 heterocycles. The minimum Gasteiger partial charge on any atom is -0.492 e. The van der Waals surface area contributed by atoms with E-state index in [1.807, 2.05) is 13.0 Å². The van der Waals surface area contributed by atoms with Gasteiger partial charge in [-0.05, 0) is 25.1 Å². The maximum atomic E-state index is 11.3. The molecule has 0 amide bonds. The Labute approximate surface area is 108 Å². The van der Waals surface area contributed by atoms with E-state index < -0.39 is 9.84 Å². The van der Waals surface area contributed by atoms with E-state index in [1.165, 1.54) is 6.26 Å². The highest BCUT2D eigenvalue weighted by Gasteiger charge is 2.16. The third kappa shape index (κ3) is 5.01. The SMILES string of the molecule is CCCOc1cncc(C(CS(C)(=O)=O)NC)c1. The molecule has 0 saturated heterocycles. The second-order valence-corrected chi connectivity index (χ2v) is 6.42. The van der Waals surface area contributed by atoms with Crippen molar-refractivity contribution in [1.29, 1.82) is 0 Å². The molecule has 0 radical (unpaired) electrons. The molecule has 0 fully saturated rings. The van der Waals surface area contributed by atoms with Gasteiger partial charge in [-0.25, -0.2) is 8.42 Å². The van der Waals surface area contributed by atoms with E-state index in [9.17, 15) is 8.42 Å². The highest BCUT2D eigenvalue weighted by atomic mass is 32.2. The Morgan fingerprint density at radius 1 is 1.44 bits per heavy atom. The van der Waals surface area contributed by atoms with E-state index in [2.05, 4.69) is 10.3 Å². The molecule has 1 aromatic heterocycles. The molecule has 0 bridgehead atoms. The van der Waals surface area contributed by atoms with Crippen molar-refractivity contribution in [3.63, 3.8) is 0 Å². The van der Waals surface area contributed by atoms with Crippen LogP contribution >= 0.6 is 0 Å². The van der Waals surface area contributed by atoms with Gasteiger partial charge in [-0.15, -0.1) is 0 Å². The molecular weight excluding hydrogens is 252 g/mol. The van der Waals surface area contributed by atoms with Crippen molar-refractivity contribution < 1.29 is 13.2 Å². The zero-order chi connectivity index (χ0) is 13.6. The molecule has 1 unspecified atom stereocenters. The van der Waals surface area contributed by atoms with Crippen molar-refractivity contribution in [3.05, 3.63) is 24.0 Å². The average Bonchev–Trinajstić information content (AvgIpc) is 2.32. The fraction of sp³-hybridized carbons (Fsp3) is 0.583. The topological polar surface area (TPSA) is 68.3 Å². The van der Waals surface area contributed by atoms with Crippen LogP contribution < -0.4 is 10.1 Å². The molecule has 0 aromatic carbocycles. The minimum absolute atomic E-state index is 0.0441. The summed E-state index contributed by atoms with van der Waals surface area (Å²) in [6.07, 6.45) is 5.43. The first kappa shape index (κ1) is 14.9. The van der Waals surface area contributed by atoms with Crippen LogP contribution in [0.25, 0.3) is 0 Å². The molecule has 6 heteroatoms. The van der Waals surface area contributed by atoms with Crippen molar-refractivity contribution in [3.8, 4) is 5.75 Å². The number of hydrogen-bond donors (Lipinski definition) is 1. The van der Waals surface area contributed by atoms with Crippen LogP contribution in [0.4, 0.5) is 0 Å². The molecule has 18 heavy (non-hydrogen) atoms. The lowest BCUT2D eigenvalue weighted by Gasteiger charge is -2.16. The number of nitrogens with one attached hydrogen (secondary N) is 1. The normalized spacial score (nSPS) is 13.3. The Balaban J connectivity index is 2.85. The minimum atomic E-state index is -3.04. The largest absolute Gasteiger partial charge is 0.492 e. The van der Waals surface area contributed by atoms with Crippen LogP contribution in [0.3, 0.4) is 0 Å². The van der Waals surface area contributed by atoms with Gasteiger partial charge in [-0.1, -0.05) is 6.92 Å². The number of aromatic nitrogens is 1. The summed E-state index contributed by atoms with van der Waals surface area (Å²) in [4.78, 5) is 4.08. The van der Waals surface area contributed by atoms with Crippen LogP contribution in [0.1, 0.15) is 24.9 Å². The van der Waals surface area contributed by atoms with E-state index >= 15 is 0 Å². The summed E-state index contributed by atoms with van der Waals surface area (Å²) >= 11 is 0. The standard InChI is InChI=1S/C12H20N2O3S/c1-4-5-17-11-6-10(7-14-8-11)12(13-2)9-18(3,15)16/h6-8,12-13H,4-5,9H2,1-3H3. The monoisotopic (exact) mass is 272 g/mol. The highest BCUT2D eigenvalue weighted by Crippen LogP contribution is 2.19. The van der Waals surface area contributed by atoms with E-state index in [-0.39, 0.29) is 11.8 Å². The quantitative estimate of drug-likeness (QED) is 0.807. The van der Waals surface area contributed by atoms with Gasteiger partial charge in [-0.2, -0.15) is 0 Å². The fourth-order valence-corrected chi connectivity index (χ4v) is 2.54. The number of rotatable bonds is 7. The number of nitrogens with zero attached hydrogens (tertiary/aromatic N) is 1. The smallest absolute Gasteiger partial charge is 0.149 e. The molecule has 1 aromatic rings. The third-order valence-electron chi connectivity index (χ3n) is 2.43. The van der Waals surface area contributed by atoms with Gasteiger partial charge >= 0.3 is 0 Å². The van der Waals surface area contributed by atoms with Gasteiger partial charge in [-0.3, -0.25) is 4.98 Å². The molecule has 0 saturated carbocycles. The van der Waals surface area contributed by atoms with Crippen molar-refractivity contribution in [2.24, 2.45) is 0 Å². The van der Waals surface area contributed by atoms with E-state index in [0.29, 0.717) is 12.4 Å². The van der Waals surface area contributed by atoms with Gasteiger partial charge in [0, 0.05) is 18.5 Å². The number of hydrogen-bond acceptors (Lipinski definition) is 5. The Bertz CT molecular complexity index is 474. The van der Waals surface area contributed by atoms with Crippen molar-refractivity contribution in [1.82, 2.24) is 10.3 Å². The van der Waals surface area contributed by atoms with Gasteiger partial charge in [0.25, 0.3) is 0 Å².